The van der Waals surface area contributed by atoms with E-state index in [1.54, 1.807) is 11.1 Å². The second-order valence-corrected chi connectivity index (χ2v) is 16.6. The molecule has 2 heteroatoms. The van der Waals surface area contributed by atoms with Gasteiger partial charge in [-0.25, -0.2) is 0 Å². The quantitative estimate of drug-likeness (QED) is 0.174. The second-order valence-electron chi connectivity index (χ2n) is 16.6. The molecule has 2 nitrogen and oxygen atoms in total. The third-order valence-electron chi connectivity index (χ3n) is 13.9. The predicted molar refractivity (Wildman–Crippen MR) is 224 cm³/mol. The Morgan fingerprint density at radius 1 is 0.426 bits per heavy atom. The molecule has 1 spiro atoms. The molecule has 1 heterocycles. The van der Waals surface area contributed by atoms with Gasteiger partial charge in [0, 0.05) is 38.9 Å². The van der Waals surface area contributed by atoms with Crippen molar-refractivity contribution in [3.05, 3.63) is 181 Å². The van der Waals surface area contributed by atoms with Crippen LogP contribution in [-0.2, 0) is 5.41 Å². The lowest BCUT2D eigenvalue weighted by Gasteiger charge is -2.61. The number of anilines is 3. The molecule has 4 fully saturated rings. The largest absolute Gasteiger partial charge is 0.310 e. The van der Waals surface area contributed by atoms with E-state index in [4.69, 9.17) is 0 Å². The van der Waals surface area contributed by atoms with Crippen molar-refractivity contribution in [2.45, 2.75) is 37.5 Å². The highest BCUT2D eigenvalue weighted by atomic mass is 15.1. The highest BCUT2D eigenvalue weighted by Gasteiger charge is 2.61. The normalized spacial score (nSPS) is 23.3. The standard InChI is InChI=1S/C52H42N2/c1-3-12-36(13-4-1)37-14-11-17-41(31-37)53(42-23-25-51-47(32-42)46-19-8-10-21-50(46)54(51)40-15-5-2-6-16-40)43-22-24-45-44-18-7-9-20-48(44)52(49(45)33-43)38-27-34-26-35(29-38)30-39(52)28-34/h1-25,31-35,38-39H,26-30H2. The van der Waals surface area contributed by atoms with Gasteiger partial charge in [-0.2, -0.15) is 0 Å². The molecule has 260 valence electrons. The Bertz CT molecular complexity index is 2710. The summed E-state index contributed by atoms with van der Waals surface area (Å²) < 4.78 is 2.41. The molecule has 0 N–H and O–H groups in total. The van der Waals surface area contributed by atoms with Crippen molar-refractivity contribution < 1.29 is 0 Å². The summed E-state index contributed by atoms with van der Waals surface area (Å²) in [5.74, 6) is 3.28. The van der Waals surface area contributed by atoms with E-state index in [1.807, 2.05) is 0 Å². The topological polar surface area (TPSA) is 8.17 Å². The summed E-state index contributed by atoms with van der Waals surface area (Å²) in [6.07, 6.45) is 7.00. The fourth-order valence-electron chi connectivity index (χ4n) is 12.1. The second kappa shape index (κ2) is 11.6. The fraction of sp³-hybridized carbons (Fsp3) is 0.192. The van der Waals surface area contributed by atoms with Crippen LogP contribution in [0, 0.1) is 23.7 Å². The summed E-state index contributed by atoms with van der Waals surface area (Å²) in [7, 11) is 0. The molecular weight excluding hydrogens is 653 g/mol. The van der Waals surface area contributed by atoms with Gasteiger partial charge in [0.1, 0.15) is 0 Å². The first-order chi connectivity index (χ1) is 26.7. The Hall–Kier alpha value is -5.86. The van der Waals surface area contributed by atoms with Crippen LogP contribution in [0.4, 0.5) is 17.1 Å². The van der Waals surface area contributed by atoms with Gasteiger partial charge in [-0.15, -0.1) is 0 Å². The smallest absolute Gasteiger partial charge is 0.0542 e. The van der Waals surface area contributed by atoms with Crippen LogP contribution in [0.5, 0.6) is 0 Å². The van der Waals surface area contributed by atoms with Crippen LogP contribution in [0.1, 0.15) is 43.2 Å². The molecule has 0 atom stereocenters. The molecule has 1 aromatic heterocycles. The van der Waals surface area contributed by atoms with Gasteiger partial charge in [-0.1, -0.05) is 109 Å². The average Bonchev–Trinajstić information content (AvgIpc) is 3.71. The van der Waals surface area contributed by atoms with E-state index in [0.29, 0.717) is 0 Å². The van der Waals surface area contributed by atoms with E-state index < -0.39 is 0 Å². The first-order valence-electron chi connectivity index (χ1n) is 20.0. The number of hydrogen-bond donors (Lipinski definition) is 0. The van der Waals surface area contributed by atoms with Crippen LogP contribution in [0.25, 0.3) is 49.7 Å². The van der Waals surface area contributed by atoms with E-state index in [9.17, 15) is 0 Å². The minimum atomic E-state index is 0.111. The molecule has 54 heavy (non-hydrogen) atoms. The predicted octanol–water partition coefficient (Wildman–Crippen LogP) is 13.6. The average molecular weight is 695 g/mol. The van der Waals surface area contributed by atoms with Gasteiger partial charge < -0.3 is 9.47 Å². The third-order valence-corrected chi connectivity index (χ3v) is 13.9. The summed E-state index contributed by atoms with van der Waals surface area (Å²) in [6.45, 7) is 0. The summed E-state index contributed by atoms with van der Waals surface area (Å²) in [5, 5.41) is 2.54. The highest BCUT2D eigenvalue weighted by molar-refractivity contribution is 6.10. The number of aromatic nitrogens is 1. The summed E-state index contributed by atoms with van der Waals surface area (Å²) in [6, 6.07) is 63.7. The van der Waals surface area contributed by atoms with Crippen LogP contribution in [0.15, 0.2) is 170 Å². The van der Waals surface area contributed by atoms with Gasteiger partial charge in [0.15, 0.2) is 0 Å². The first kappa shape index (κ1) is 30.6. The first-order valence-corrected chi connectivity index (χ1v) is 20.0. The van der Waals surface area contributed by atoms with Crippen molar-refractivity contribution in [3.63, 3.8) is 0 Å². The van der Waals surface area contributed by atoms with E-state index in [-0.39, 0.29) is 5.41 Å². The van der Waals surface area contributed by atoms with E-state index >= 15 is 0 Å². The van der Waals surface area contributed by atoms with Gasteiger partial charge in [0.2, 0.25) is 0 Å². The van der Waals surface area contributed by atoms with E-state index in [0.717, 1.165) is 23.7 Å². The summed E-state index contributed by atoms with van der Waals surface area (Å²) >= 11 is 0. The van der Waals surface area contributed by atoms with Crippen LogP contribution < -0.4 is 4.90 Å². The maximum atomic E-state index is 2.63. The minimum Gasteiger partial charge on any atom is -0.310 e. The maximum absolute atomic E-state index is 2.63. The molecule has 0 radical (unpaired) electrons. The van der Waals surface area contributed by atoms with Crippen LogP contribution in [-0.4, -0.2) is 4.57 Å². The Morgan fingerprint density at radius 2 is 1.04 bits per heavy atom. The van der Waals surface area contributed by atoms with Gasteiger partial charge in [-0.3, -0.25) is 0 Å². The van der Waals surface area contributed by atoms with Crippen LogP contribution in [0.2, 0.25) is 0 Å². The van der Waals surface area contributed by atoms with Crippen molar-refractivity contribution in [3.8, 4) is 27.9 Å². The number of fused-ring (bicyclic) bond motifs is 6. The zero-order valence-electron chi connectivity index (χ0n) is 30.4. The molecule has 5 aliphatic carbocycles. The molecule has 5 aliphatic rings. The van der Waals surface area contributed by atoms with Gasteiger partial charge in [0.05, 0.1) is 11.0 Å². The third kappa shape index (κ3) is 4.28. The Labute approximate surface area is 317 Å². The van der Waals surface area contributed by atoms with Gasteiger partial charge in [0.25, 0.3) is 0 Å². The number of nitrogens with zero attached hydrogens (tertiary/aromatic N) is 2. The maximum Gasteiger partial charge on any atom is 0.0542 e. The molecule has 4 bridgehead atoms. The van der Waals surface area contributed by atoms with Crippen molar-refractivity contribution in [2.24, 2.45) is 23.7 Å². The SMILES string of the molecule is c1ccc(-c2cccc(N(c3ccc4c(c3)C3(c5ccccc5-4)C4CC5CC(C4)CC3C5)c3ccc4c(c3)c3ccccc3n4-c3ccccc3)c2)cc1. The number of benzene rings is 7. The lowest BCUT2D eigenvalue weighted by Crippen LogP contribution is -2.55. The molecule has 8 aromatic rings. The van der Waals surface area contributed by atoms with Gasteiger partial charge in [-0.05, 0) is 150 Å². The van der Waals surface area contributed by atoms with E-state index in [2.05, 4.69) is 179 Å². The lowest BCUT2D eigenvalue weighted by molar-refractivity contribution is -0.0399. The van der Waals surface area contributed by atoms with Crippen molar-refractivity contribution in [1.29, 1.82) is 0 Å². The Morgan fingerprint density at radius 3 is 1.85 bits per heavy atom. The molecule has 0 saturated heterocycles. The molecule has 7 aromatic carbocycles. The Balaban J connectivity index is 1.09. The molecular formula is C52H42N2. The highest BCUT2D eigenvalue weighted by Crippen LogP contribution is 2.69. The minimum absolute atomic E-state index is 0.111. The molecule has 0 aliphatic heterocycles. The fourth-order valence-corrected chi connectivity index (χ4v) is 12.1. The molecule has 13 rings (SSSR count). The molecule has 0 unspecified atom stereocenters. The number of para-hydroxylation sites is 2. The van der Waals surface area contributed by atoms with Crippen molar-refractivity contribution in [1.82, 2.24) is 4.57 Å². The van der Waals surface area contributed by atoms with Crippen molar-refractivity contribution in [2.75, 3.05) is 4.90 Å². The molecule has 0 amide bonds. The summed E-state index contributed by atoms with van der Waals surface area (Å²) in [5.41, 5.74) is 15.9. The number of rotatable bonds is 5. The lowest BCUT2D eigenvalue weighted by atomic mass is 9.43. The Kier molecular flexibility index (Phi) is 6.55. The van der Waals surface area contributed by atoms with Gasteiger partial charge >= 0.3 is 0 Å². The molecule has 4 saturated carbocycles. The summed E-state index contributed by atoms with van der Waals surface area (Å²) in [4.78, 5) is 2.54. The monoisotopic (exact) mass is 694 g/mol. The van der Waals surface area contributed by atoms with Crippen LogP contribution >= 0.6 is 0 Å². The zero-order chi connectivity index (χ0) is 35.4. The van der Waals surface area contributed by atoms with Crippen LogP contribution in [0.3, 0.4) is 0 Å². The number of hydrogen-bond acceptors (Lipinski definition) is 1. The van der Waals surface area contributed by atoms with E-state index in [1.165, 1.54) is 98.9 Å². The van der Waals surface area contributed by atoms with Crippen molar-refractivity contribution >= 4 is 38.9 Å². The zero-order valence-corrected chi connectivity index (χ0v) is 30.4.